The molecule has 21 heavy (non-hydrogen) atoms. The van der Waals surface area contributed by atoms with E-state index in [1.165, 1.54) is 0 Å². The van der Waals surface area contributed by atoms with E-state index in [4.69, 9.17) is 4.74 Å². The first kappa shape index (κ1) is 15.3. The summed E-state index contributed by atoms with van der Waals surface area (Å²) in [5, 5.41) is 0. The fraction of sp³-hybridized carbons (Fsp3) is 0.412. The molecular weight excluding hydrogens is 266 g/mol. The van der Waals surface area contributed by atoms with Gasteiger partial charge in [-0.2, -0.15) is 0 Å². The molecule has 1 fully saturated rings. The van der Waals surface area contributed by atoms with Crippen molar-refractivity contribution in [3.8, 4) is 0 Å². The number of nitrogens with zero attached hydrogens (tertiary/aromatic N) is 1. The molecule has 1 atom stereocenters. The van der Waals surface area contributed by atoms with E-state index in [2.05, 4.69) is 13.5 Å². The molecule has 0 aliphatic carbocycles. The summed E-state index contributed by atoms with van der Waals surface area (Å²) in [5.41, 5.74) is 3.45. The maximum absolute atomic E-state index is 12.6. The Morgan fingerprint density at radius 3 is 2.71 bits per heavy atom. The monoisotopic (exact) mass is 287 g/mol. The van der Waals surface area contributed by atoms with Crippen molar-refractivity contribution in [1.82, 2.24) is 0 Å². The number of anilines is 1. The molecule has 4 heteroatoms. The van der Waals surface area contributed by atoms with Crippen LogP contribution in [-0.4, -0.2) is 24.5 Å². The average Bonchev–Trinajstić information content (AvgIpc) is 2.86. The first-order valence-corrected chi connectivity index (χ1v) is 7.18. The van der Waals surface area contributed by atoms with Crippen LogP contribution in [0.4, 0.5) is 5.69 Å². The number of ether oxygens (including phenoxy) is 1. The molecule has 4 nitrogen and oxygen atoms in total. The topological polar surface area (TPSA) is 46.6 Å². The van der Waals surface area contributed by atoms with Crippen molar-refractivity contribution in [1.29, 1.82) is 0 Å². The van der Waals surface area contributed by atoms with Crippen molar-refractivity contribution in [2.45, 2.75) is 39.7 Å². The van der Waals surface area contributed by atoms with Gasteiger partial charge in [-0.3, -0.25) is 9.59 Å². The van der Waals surface area contributed by atoms with Crippen molar-refractivity contribution in [3.63, 3.8) is 0 Å². The fourth-order valence-corrected chi connectivity index (χ4v) is 2.67. The van der Waals surface area contributed by atoms with Gasteiger partial charge in [0, 0.05) is 5.57 Å². The van der Waals surface area contributed by atoms with Crippen LogP contribution in [0.1, 0.15) is 31.4 Å². The third-order valence-electron chi connectivity index (χ3n) is 3.73. The van der Waals surface area contributed by atoms with Crippen molar-refractivity contribution < 1.29 is 14.3 Å². The van der Waals surface area contributed by atoms with Crippen LogP contribution in [0.15, 0.2) is 30.4 Å². The number of hydrogen-bond acceptors (Lipinski definition) is 3. The Balaban J connectivity index is 2.52. The second kappa shape index (κ2) is 6.12. The van der Waals surface area contributed by atoms with Gasteiger partial charge in [0.25, 0.3) is 5.91 Å². The van der Waals surface area contributed by atoms with Crippen LogP contribution in [0, 0.1) is 6.92 Å². The Bertz CT molecular complexity index is 592. The lowest BCUT2D eigenvalue weighted by molar-refractivity contribution is -0.137. The number of carbonyl (C=O) groups excluding carboxylic acids is 2. The molecule has 1 aliphatic heterocycles. The van der Waals surface area contributed by atoms with E-state index in [-0.39, 0.29) is 30.9 Å². The number of amides is 1. The second-order valence-corrected chi connectivity index (χ2v) is 5.43. The SMILES string of the molecule is C=C(C)C(=O)N(c1c(C)cccc1CC)C1COC(=O)C1. The predicted molar refractivity (Wildman–Crippen MR) is 82.2 cm³/mol. The third kappa shape index (κ3) is 2.99. The molecule has 1 aromatic carbocycles. The van der Waals surface area contributed by atoms with Crippen LogP contribution < -0.4 is 4.90 Å². The quantitative estimate of drug-likeness (QED) is 0.632. The molecular formula is C17H21NO3. The first-order chi connectivity index (χ1) is 9.95. The van der Waals surface area contributed by atoms with Crippen LogP contribution in [0.2, 0.25) is 0 Å². The Labute approximate surface area is 125 Å². The number of aryl methyl sites for hydroxylation is 2. The maximum Gasteiger partial charge on any atom is 0.308 e. The minimum absolute atomic E-state index is 0.151. The number of rotatable bonds is 4. The van der Waals surface area contributed by atoms with Crippen LogP contribution >= 0.6 is 0 Å². The molecule has 0 bridgehead atoms. The van der Waals surface area contributed by atoms with E-state index < -0.39 is 0 Å². The Kier molecular flexibility index (Phi) is 4.46. The van der Waals surface area contributed by atoms with Gasteiger partial charge in [0.05, 0.1) is 18.2 Å². The van der Waals surface area contributed by atoms with Crippen molar-refractivity contribution >= 4 is 17.6 Å². The van der Waals surface area contributed by atoms with Crippen LogP contribution in [0.25, 0.3) is 0 Å². The average molecular weight is 287 g/mol. The minimum atomic E-state index is -0.258. The number of para-hydroxylation sites is 1. The van der Waals surface area contributed by atoms with Gasteiger partial charge < -0.3 is 9.64 Å². The van der Waals surface area contributed by atoms with E-state index in [0.717, 1.165) is 23.2 Å². The maximum atomic E-state index is 12.6. The zero-order chi connectivity index (χ0) is 15.6. The smallest absolute Gasteiger partial charge is 0.308 e. The van der Waals surface area contributed by atoms with Gasteiger partial charge >= 0.3 is 5.97 Å². The number of carbonyl (C=O) groups is 2. The number of hydrogen-bond donors (Lipinski definition) is 0. The highest BCUT2D eigenvalue weighted by molar-refractivity contribution is 6.06. The summed E-state index contributed by atoms with van der Waals surface area (Å²) in [5.74, 6) is -0.409. The molecule has 0 radical (unpaired) electrons. The Morgan fingerprint density at radius 2 is 2.19 bits per heavy atom. The van der Waals surface area contributed by atoms with E-state index in [0.29, 0.717) is 5.57 Å². The molecule has 1 aromatic rings. The molecule has 0 N–H and O–H groups in total. The summed E-state index contributed by atoms with van der Waals surface area (Å²) in [4.78, 5) is 25.8. The Morgan fingerprint density at radius 1 is 1.48 bits per heavy atom. The lowest BCUT2D eigenvalue weighted by atomic mass is 10.0. The summed E-state index contributed by atoms with van der Waals surface area (Å²) in [6.07, 6.45) is 1.05. The van der Waals surface area contributed by atoms with Crippen LogP contribution in [0.5, 0.6) is 0 Å². The number of benzene rings is 1. The molecule has 1 saturated heterocycles. The first-order valence-electron chi connectivity index (χ1n) is 7.18. The molecule has 1 heterocycles. The normalized spacial score (nSPS) is 17.5. The van der Waals surface area contributed by atoms with Gasteiger partial charge in [0.2, 0.25) is 0 Å². The van der Waals surface area contributed by atoms with Gasteiger partial charge in [0.15, 0.2) is 0 Å². The van der Waals surface area contributed by atoms with Crippen LogP contribution in [0.3, 0.4) is 0 Å². The van der Waals surface area contributed by atoms with Crippen molar-refractivity contribution in [2.75, 3.05) is 11.5 Å². The van der Waals surface area contributed by atoms with E-state index in [9.17, 15) is 9.59 Å². The highest BCUT2D eigenvalue weighted by Crippen LogP contribution is 2.31. The van der Waals surface area contributed by atoms with E-state index in [1.54, 1.807) is 11.8 Å². The fourth-order valence-electron chi connectivity index (χ4n) is 2.67. The molecule has 0 aromatic heterocycles. The molecule has 1 amide bonds. The van der Waals surface area contributed by atoms with Crippen molar-refractivity contribution in [2.24, 2.45) is 0 Å². The molecule has 1 aliphatic rings. The van der Waals surface area contributed by atoms with Gasteiger partial charge in [0.1, 0.15) is 6.61 Å². The summed E-state index contributed by atoms with van der Waals surface area (Å²) in [7, 11) is 0. The lowest BCUT2D eigenvalue weighted by Gasteiger charge is -2.31. The molecule has 0 spiro atoms. The lowest BCUT2D eigenvalue weighted by Crippen LogP contribution is -2.42. The highest BCUT2D eigenvalue weighted by Gasteiger charge is 2.35. The van der Waals surface area contributed by atoms with Gasteiger partial charge in [-0.05, 0) is 31.4 Å². The van der Waals surface area contributed by atoms with Crippen LogP contribution in [-0.2, 0) is 20.7 Å². The summed E-state index contributed by atoms with van der Waals surface area (Å²) >= 11 is 0. The van der Waals surface area contributed by atoms with E-state index in [1.807, 2.05) is 25.1 Å². The summed E-state index contributed by atoms with van der Waals surface area (Å²) < 4.78 is 5.05. The Hall–Kier alpha value is -2.10. The molecule has 0 saturated carbocycles. The predicted octanol–water partition coefficient (Wildman–Crippen LogP) is 2.78. The van der Waals surface area contributed by atoms with Gasteiger partial charge in [-0.25, -0.2) is 0 Å². The number of cyclic esters (lactones) is 1. The zero-order valence-corrected chi connectivity index (χ0v) is 12.8. The molecule has 1 unspecified atom stereocenters. The van der Waals surface area contributed by atoms with E-state index >= 15 is 0 Å². The van der Waals surface area contributed by atoms with Gasteiger partial charge in [-0.1, -0.05) is 31.7 Å². The highest BCUT2D eigenvalue weighted by atomic mass is 16.5. The molecule has 2 rings (SSSR count). The minimum Gasteiger partial charge on any atom is -0.463 e. The third-order valence-corrected chi connectivity index (χ3v) is 3.73. The largest absolute Gasteiger partial charge is 0.463 e. The summed E-state index contributed by atoms with van der Waals surface area (Å²) in [6.45, 7) is 9.73. The second-order valence-electron chi connectivity index (χ2n) is 5.43. The number of esters is 1. The standard InChI is InChI=1S/C17H21NO3/c1-5-13-8-6-7-12(4)16(13)18(17(20)11(2)3)14-9-15(19)21-10-14/h6-8,14H,2,5,9-10H2,1,3-4H3. The summed E-state index contributed by atoms with van der Waals surface area (Å²) in [6, 6.07) is 5.72. The van der Waals surface area contributed by atoms with Gasteiger partial charge in [-0.15, -0.1) is 0 Å². The zero-order valence-electron chi connectivity index (χ0n) is 12.8. The van der Waals surface area contributed by atoms with Crippen molar-refractivity contribution in [3.05, 3.63) is 41.5 Å². The molecule has 112 valence electrons.